The molecule has 0 amide bonds. The van der Waals surface area contributed by atoms with Crippen LogP contribution >= 0.6 is 0 Å². The van der Waals surface area contributed by atoms with Gasteiger partial charge in [-0.2, -0.15) is 0 Å². The molecule has 30 heavy (non-hydrogen) atoms. The first-order valence-electron chi connectivity index (χ1n) is 9.50. The topological polar surface area (TPSA) is 92.9 Å². The molecule has 0 saturated carbocycles. The lowest BCUT2D eigenvalue weighted by Gasteiger charge is -2.24. The van der Waals surface area contributed by atoms with E-state index in [1.165, 1.54) is 12.1 Å². The molecular weight excluding hydrogens is 384 g/mol. The van der Waals surface area contributed by atoms with E-state index in [4.69, 9.17) is 9.84 Å². The summed E-state index contributed by atoms with van der Waals surface area (Å²) < 4.78 is 5.96. The molecule has 0 aliphatic carbocycles. The van der Waals surface area contributed by atoms with Crippen LogP contribution in [0.25, 0.3) is 0 Å². The summed E-state index contributed by atoms with van der Waals surface area (Å²) in [6.45, 7) is 3.33. The number of nitrogens with zero attached hydrogens (tertiary/aromatic N) is 2. The Morgan fingerprint density at radius 3 is 2.37 bits per heavy atom. The van der Waals surface area contributed by atoms with Crippen molar-refractivity contribution in [3.8, 4) is 5.75 Å². The van der Waals surface area contributed by atoms with E-state index in [0.29, 0.717) is 31.0 Å². The Kier molecular flexibility index (Phi) is 6.64. The second kappa shape index (κ2) is 9.56. The van der Waals surface area contributed by atoms with E-state index in [-0.39, 0.29) is 11.3 Å². The lowest BCUT2D eigenvalue weighted by molar-refractivity contribution is -0.384. The molecule has 0 bridgehead atoms. The SMILES string of the molecule is CCN(Cc1cc([N+](=O)[O-])ccc1OCc1ccccc1)c1ccc(C(=O)O)cc1. The average molecular weight is 406 g/mol. The molecule has 0 aliphatic heterocycles. The van der Waals surface area contributed by atoms with Crippen molar-refractivity contribution in [2.24, 2.45) is 0 Å². The number of hydrogen-bond acceptors (Lipinski definition) is 5. The van der Waals surface area contributed by atoms with Crippen molar-refractivity contribution in [3.63, 3.8) is 0 Å². The lowest BCUT2D eigenvalue weighted by atomic mass is 10.1. The minimum Gasteiger partial charge on any atom is -0.489 e. The first-order chi connectivity index (χ1) is 14.5. The van der Waals surface area contributed by atoms with Crippen molar-refractivity contribution in [3.05, 3.63) is 99.6 Å². The van der Waals surface area contributed by atoms with Gasteiger partial charge in [0.15, 0.2) is 0 Å². The van der Waals surface area contributed by atoms with Gasteiger partial charge in [-0.1, -0.05) is 30.3 Å². The van der Waals surface area contributed by atoms with Crippen LogP contribution in [-0.4, -0.2) is 22.5 Å². The summed E-state index contributed by atoms with van der Waals surface area (Å²) in [7, 11) is 0. The molecule has 0 saturated heterocycles. The molecule has 1 N–H and O–H groups in total. The van der Waals surface area contributed by atoms with E-state index in [0.717, 1.165) is 11.3 Å². The Morgan fingerprint density at radius 1 is 1.07 bits per heavy atom. The van der Waals surface area contributed by atoms with Crippen LogP contribution in [-0.2, 0) is 13.2 Å². The zero-order chi connectivity index (χ0) is 21.5. The average Bonchev–Trinajstić information content (AvgIpc) is 2.77. The van der Waals surface area contributed by atoms with Crippen LogP contribution in [0.15, 0.2) is 72.8 Å². The normalized spacial score (nSPS) is 10.4. The number of hydrogen-bond donors (Lipinski definition) is 1. The Hall–Kier alpha value is -3.87. The van der Waals surface area contributed by atoms with Crippen molar-refractivity contribution >= 4 is 17.3 Å². The monoisotopic (exact) mass is 406 g/mol. The summed E-state index contributed by atoms with van der Waals surface area (Å²) in [5.74, 6) is -0.412. The van der Waals surface area contributed by atoms with Gasteiger partial charge in [-0.3, -0.25) is 10.1 Å². The van der Waals surface area contributed by atoms with Gasteiger partial charge >= 0.3 is 5.97 Å². The maximum atomic E-state index is 11.3. The molecule has 0 spiro atoms. The number of carboxylic acid groups (broad SMARTS) is 1. The molecular formula is C23H22N2O5. The Balaban J connectivity index is 1.86. The molecule has 7 nitrogen and oxygen atoms in total. The molecule has 0 aromatic heterocycles. The molecule has 0 unspecified atom stereocenters. The van der Waals surface area contributed by atoms with Gasteiger partial charge < -0.3 is 14.7 Å². The quantitative estimate of drug-likeness (QED) is 0.401. The third-order valence-corrected chi connectivity index (χ3v) is 4.71. The van der Waals surface area contributed by atoms with Gasteiger partial charge in [-0.25, -0.2) is 4.79 Å². The number of carbonyl (C=O) groups is 1. The van der Waals surface area contributed by atoms with Crippen LogP contribution in [0.4, 0.5) is 11.4 Å². The molecule has 0 atom stereocenters. The molecule has 0 aliphatic rings. The maximum absolute atomic E-state index is 11.3. The molecule has 0 fully saturated rings. The number of aromatic carboxylic acids is 1. The number of nitro groups is 1. The third-order valence-electron chi connectivity index (χ3n) is 4.71. The van der Waals surface area contributed by atoms with E-state index in [2.05, 4.69) is 0 Å². The van der Waals surface area contributed by atoms with Gasteiger partial charge in [0.1, 0.15) is 12.4 Å². The van der Waals surface area contributed by atoms with Crippen LogP contribution in [0.3, 0.4) is 0 Å². The smallest absolute Gasteiger partial charge is 0.335 e. The summed E-state index contributed by atoms with van der Waals surface area (Å²) in [5.41, 5.74) is 2.71. The highest BCUT2D eigenvalue weighted by Gasteiger charge is 2.16. The standard InChI is InChI=1S/C23H22N2O5/c1-2-24(20-10-8-18(9-11-20)23(26)27)15-19-14-21(25(28)29)12-13-22(19)30-16-17-6-4-3-5-7-17/h3-14H,2,15-16H2,1H3,(H,26,27). The third kappa shape index (κ3) is 5.14. The molecule has 3 rings (SSSR count). The Labute approximate surface area is 174 Å². The number of anilines is 1. The van der Waals surface area contributed by atoms with E-state index in [9.17, 15) is 14.9 Å². The maximum Gasteiger partial charge on any atom is 0.335 e. The highest BCUT2D eigenvalue weighted by Crippen LogP contribution is 2.28. The van der Waals surface area contributed by atoms with Crippen molar-refractivity contribution in [1.29, 1.82) is 0 Å². The van der Waals surface area contributed by atoms with E-state index in [1.807, 2.05) is 42.2 Å². The largest absolute Gasteiger partial charge is 0.489 e. The minimum absolute atomic E-state index is 0.00524. The molecule has 3 aromatic carbocycles. The van der Waals surface area contributed by atoms with Gasteiger partial charge in [-0.15, -0.1) is 0 Å². The fraction of sp³-hybridized carbons (Fsp3) is 0.174. The molecule has 0 heterocycles. The van der Waals surface area contributed by atoms with Crippen LogP contribution in [0.1, 0.15) is 28.4 Å². The number of rotatable bonds is 9. The molecule has 154 valence electrons. The van der Waals surface area contributed by atoms with Crippen LogP contribution in [0.2, 0.25) is 0 Å². The second-order valence-corrected chi connectivity index (χ2v) is 6.69. The Bertz CT molecular complexity index is 1020. The van der Waals surface area contributed by atoms with Gasteiger partial charge in [0.2, 0.25) is 0 Å². The van der Waals surface area contributed by atoms with Gasteiger partial charge in [0.05, 0.1) is 10.5 Å². The van der Waals surface area contributed by atoms with Crippen molar-refractivity contribution < 1.29 is 19.6 Å². The number of carboxylic acids is 1. The number of benzene rings is 3. The molecule has 0 radical (unpaired) electrons. The van der Waals surface area contributed by atoms with Crippen LogP contribution < -0.4 is 9.64 Å². The highest BCUT2D eigenvalue weighted by molar-refractivity contribution is 5.88. The summed E-state index contributed by atoms with van der Waals surface area (Å²) in [6.07, 6.45) is 0. The van der Waals surface area contributed by atoms with Crippen LogP contribution in [0, 0.1) is 10.1 Å². The number of nitro benzene ring substituents is 1. The van der Waals surface area contributed by atoms with Gasteiger partial charge in [0.25, 0.3) is 5.69 Å². The summed E-state index contributed by atoms with van der Waals surface area (Å²) in [4.78, 5) is 23.9. The van der Waals surface area contributed by atoms with Crippen molar-refractivity contribution in [2.45, 2.75) is 20.1 Å². The molecule has 7 heteroatoms. The van der Waals surface area contributed by atoms with Crippen molar-refractivity contribution in [1.82, 2.24) is 0 Å². The summed E-state index contributed by atoms with van der Waals surface area (Å²) in [5, 5.41) is 20.4. The zero-order valence-corrected chi connectivity index (χ0v) is 16.5. The first kappa shape index (κ1) is 20.9. The van der Waals surface area contributed by atoms with Crippen LogP contribution in [0.5, 0.6) is 5.75 Å². The highest BCUT2D eigenvalue weighted by atomic mass is 16.6. The van der Waals surface area contributed by atoms with E-state index < -0.39 is 10.9 Å². The summed E-state index contributed by atoms with van der Waals surface area (Å²) in [6, 6.07) is 20.8. The minimum atomic E-state index is -0.986. The van der Waals surface area contributed by atoms with Crippen molar-refractivity contribution in [2.75, 3.05) is 11.4 Å². The molecule has 3 aromatic rings. The Morgan fingerprint density at radius 2 is 1.77 bits per heavy atom. The number of ether oxygens (including phenoxy) is 1. The predicted octanol–water partition coefficient (Wildman–Crippen LogP) is 4.90. The van der Waals surface area contributed by atoms with E-state index in [1.54, 1.807) is 30.3 Å². The lowest BCUT2D eigenvalue weighted by Crippen LogP contribution is -2.22. The van der Waals surface area contributed by atoms with Gasteiger partial charge in [-0.05, 0) is 42.8 Å². The van der Waals surface area contributed by atoms with E-state index >= 15 is 0 Å². The fourth-order valence-electron chi connectivity index (χ4n) is 3.09. The fourth-order valence-corrected chi connectivity index (χ4v) is 3.09. The number of non-ortho nitro benzene ring substituents is 1. The zero-order valence-electron chi connectivity index (χ0n) is 16.5. The summed E-state index contributed by atoms with van der Waals surface area (Å²) >= 11 is 0. The van der Waals surface area contributed by atoms with Gasteiger partial charge in [0, 0.05) is 36.5 Å². The predicted molar refractivity (Wildman–Crippen MR) is 114 cm³/mol. The first-order valence-corrected chi connectivity index (χ1v) is 9.50. The second-order valence-electron chi connectivity index (χ2n) is 6.69.